The highest BCUT2D eigenvalue weighted by atomic mass is 32.2. The minimum atomic E-state index is -3.81. The maximum absolute atomic E-state index is 13.1. The molecule has 1 aliphatic rings. The summed E-state index contributed by atoms with van der Waals surface area (Å²) in [4.78, 5) is 22.1. The van der Waals surface area contributed by atoms with Crippen molar-refractivity contribution in [1.29, 1.82) is 0 Å². The molecule has 158 valence electrons. The van der Waals surface area contributed by atoms with Crippen LogP contribution in [-0.4, -0.2) is 62.1 Å². The molecule has 2 aromatic heterocycles. The smallest absolute Gasteiger partial charge is 0.255 e. The average molecular weight is 430 g/mol. The molecule has 1 saturated heterocycles. The number of amides is 1. The number of aromatic amines is 1. The van der Waals surface area contributed by atoms with E-state index in [-0.39, 0.29) is 16.8 Å². The summed E-state index contributed by atoms with van der Waals surface area (Å²) in [5.41, 5.74) is 2.15. The van der Waals surface area contributed by atoms with Crippen LogP contribution in [0.15, 0.2) is 47.6 Å². The molecule has 4 rings (SSSR count). The summed E-state index contributed by atoms with van der Waals surface area (Å²) in [5.74, 6) is 0.304. The topological polar surface area (TPSA) is 128 Å². The number of carbonyl (C=O) groups excluding carboxylic acids is 1. The average Bonchev–Trinajstić information content (AvgIpc) is 3.15. The number of hydrogen-bond acceptors (Lipinski definition) is 6. The van der Waals surface area contributed by atoms with Gasteiger partial charge >= 0.3 is 0 Å². The molecule has 3 N–H and O–H groups in total. The summed E-state index contributed by atoms with van der Waals surface area (Å²) in [6, 6.07) is 7.84. The van der Waals surface area contributed by atoms with Crippen molar-refractivity contribution in [2.75, 3.05) is 26.9 Å². The molecule has 10 heteroatoms. The molecule has 0 radical (unpaired) electrons. The van der Waals surface area contributed by atoms with Crippen molar-refractivity contribution in [2.24, 2.45) is 5.14 Å². The first-order valence-electron chi connectivity index (χ1n) is 9.38. The number of rotatable bonds is 5. The summed E-state index contributed by atoms with van der Waals surface area (Å²) < 4.78 is 34.1. The Morgan fingerprint density at radius 2 is 2.20 bits per heavy atom. The second kappa shape index (κ2) is 8.05. The van der Waals surface area contributed by atoms with Gasteiger partial charge in [0.1, 0.15) is 0 Å². The van der Waals surface area contributed by atoms with Gasteiger partial charge in [0, 0.05) is 35.9 Å². The van der Waals surface area contributed by atoms with E-state index in [1.165, 1.54) is 19.4 Å². The first-order valence-corrected chi connectivity index (χ1v) is 10.9. The molecule has 3 heterocycles. The number of hydrogen-bond donors (Lipinski definition) is 2. The second-order valence-electron chi connectivity index (χ2n) is 7.09. The monoisotopic (exact) mass is 430 g/mol. The lowest BCUT2D eigenvalue weighted by atomic mass is 10.0. The van der Waals surface area contributed by atoms with Crippen LogP contribution < -0.4 is 9.88 Å². The van der Waals surface area contributed by atoms with Gasteiger partial charge in [-0.1, -0.05) is 0 Å². The third-order valence-corrected chi connectivity index (χ3v) is 6.11. The van der Waals surface area contributed by atoms with Gasteiger partial charge in [0.2, 0.25) is 15.9 Å². The van der Waals surface area contributed by atoms with E-state index in [1.807, 2.05) is 6.20 Å². The van der Waals surface area contributed by atoms with Crippen LogP contribution in [0.2, 0.25) is 0 Å². The summed E-state index contributed by atoms with van der Waals surface area (Å²) >= 11 is 0. The number of methoxy groups -OCH3 is 1. The van der Waals surface area contributed by atoms with Crippen LogP contribution in [0.5, 0.6) is 5.88 Å². The van der Waals surface area contributed by atoms with Gasteiger partial charge in [-0.3, -0.25) is 4.79 Å². The maximum atomic E-state index is 13.1. The van der Waals surface area contributed by atoms with Crippen molar-refractivity contribution in [2.45, 2.75) is 17.4 Å². The number of carbonyl (C=O) groups is 1. The van der Waals surface area contributed by atoms with Crippen molar-refractivity contribution in [3.63, 3.8) is 0 Å². The molecule has 9 nitrogen and oxygen atoms in total. The Hall–Kier alpha value is -2.95. The van der Waals surface area contributed by atoms with Gasteiger partial charge in [0.15, 0.2) is 0 Å². The first-order chi connectivity index (χ1) is 14.4. The number of pyridine rings is 1. The van der Waals surface area contributed by atoms with Crippen LogP contribution in [-0.2, 0) is 21.2 Å². The van der Waals surface area contributed by atoms with Crippen LogP contribution in [0.25, 0.3) is 10.9 Å². The van der Waals surface area contributed by atoms with Gasteiger partial charge in [0.05, 0.1) is 36.8 Å². The minimum Gasteiger partial charge on any atom is -0.481 e. The van der Waals surface area contributed by atoms with Gasteiger partial charge in [-0.25, -0.2) is 18.5 Å². The maximum Gasteiger partial charge on any atom is 0.255 e. The lowest BCUT2D eigenvalue weighted by Crippen LogP contribution is -2.49. The normalized spacial score (nSPS) is 17.3. The molecular formula is C20H22N4O5S. The number of sulfonamides is 1. The van der Waals surface area contributed by atoms with Crippen LogP contribution >= 0.6 is 0 Å². The van der Waals surface area contributed by atoms with Gasteiger partial charge < -0.3 is 19.4 Å². The number of H-pyrrole nitrogens is 1. The predicted molar refractivity (Wildman–Crippen MR) is 110 cm³/mol. The number of nitrogens with one attached hydrogen (secondary N) is 1. The summed E-state index contributed by atoms with van der Waals surface area (Å²) in [5, 5.41) is 6.03. The van der Waals surface area contributed by atoms with E-state index in [1.54, 1.807) is 29.2 Å². The molecule has 0 saturated carbocycles. The van der Waals surface area contributed by atoms with E-state index in [9.17, 15) is 13.2 Å². The summed E-state index contributed by atoms with van der Waals surface area (Å²) in [6.45, 7) is 1.30. The largest absolute Gasteiger partial charge is 0.481 e. The number of benzene rings is 1. The number of fused-ring (bicyclic) bond motifs is 1. The van der Waals surface area contributed by atoms with Crippen LogP contribution in [0.1, 0.15) is 15.9 Å². The Labute approximate surface area is 173 Å². The summed E-state index contributed by atoms with van der Waals surface area (Å²) in [6.07, 6.45) is 3.82. The van der Waals surface area contributed by atoms with E-state index in [4.69, 9.17) is 14.6 Å². The number of nitrogens with two attached hydrogens (primary N) is 1. The van der Waals surface area contributed by atoms with E-state index in [0.29, 0.717) is 37.6 Å². The van der Waals surface area contributed by atoms with E-state index >= 15 is 0 Å². The molecule has 0 aliphatic carbocycles. The highest BCUT2D eigenvalue weighted by molar-refractivity contribution is 7.89. The Kier molecular flexibility index (Phi) is 5.46. The fourth-order valence-corrected chi connectivity index (χ4v) is 4.18. The molecule has 0 bridgehead atoms. The Balaban J connectivity index is 1.61. The molecule has 1 aromatic carbocycles. The zero-order chi connectivity index (χ0) is 21.3. The Bertz CT molecular complexity index is 1170. The van der Waals surface area contributed by atoms with Gasteiger partial charge in [-0.05, 0) is 36.2 Å². The van der Waals surface area contributed by atoms with E-state index in [2.05, 4.69) is 9.97 Å². The molecule has 0 unspecified atom stereocenters. The Morgan fingerprint density at radius 1 is 1.37 bits per heavy atom. The molecular weight excluding hydrogens is 408 g/mol. The highest BCUT2D eigenvalue weighted by Gasteiger charge is 2.29. The van der Waals surface area contributed by atoms with Crippen molar-refractivity contribution >= 4 is 26.8 Å². The van der Waals surface area contributed by atoms with Crippen molar-refractivity contribution in [3.8, 4) is 5.88 Å². The van der Waals surface area contributed by atoms with Crippen molar-refractivity contribution < 1.29 is 22.7 Å². The molecule has 1 atom stereocenters. The number of aromatic nitrogens is 2. The minimum absolute atomic E-state index is 0.0491. The highest BCUT2D eigenvalue weighted by Crippen LogP contribution is 2.25. The SMILES string of the molecule is COc1ccc(C(=O)N2CCOC[C@@H]2Cc2c[nH]c3ccc(S(N)(=O)=O)cc23)cn1. The third kappa shape index (κ3) is 4.02. The number of primary sulfonamides is 1. The zero-order valence-corrected chi connectivity index (χ0v) is 17.2. The molecule has 0 spiro atoms. The zero-order valence-electron chi connectivity index (χ0n) is 16.4. The molecule has 3 aromatic rings. The van der Waals surface area contributed by atoms with Crippen LogP contribution in [0, 0.1) is 0 Å². The summed E-state index contributed by atoms with van der Waals surface area (Å²) in [7, 11) is -2.29. The first kappa shape index (κ1) is 20.3. The van der Waals surface area contributed by atoms with Gasteiger partial charge in [0.25, 0.3) is 5.91 Å². The molecule has 1 fully saturated rings. The molecule has 1 amide bonds. The van der Waals surface area contributed by atoms with Crippen molar-refractivity contribution in [3.05, 3.63) is 53.9 Å². The van der Waals surface area contributed by atoms with Gasteiger partial charge in [-0.15, -0.1) is 0 Å². The lowest BCUT2D eigenvalue weighted by Gasteiger charge is -2.35. The third-order valence-electron chi connectivity index (χ3n) is 5.20. The predicted octanol–water partition coefficient (Wildman–Crippen LogP) is 1.30. The number of nitrogens with zero attached hydrogens (tertiary/aromatic N) is 2. The quantitative estimate of drug-likeness (QED) is 0.628. The van der Waals surface area contributed by atoms with E-state index < -0.39 is 10.0 Å². The van der Waals surface area contributed by atoms with Crippen LogP contribution in [0.3, 0.4) is 0 Å². The number of morpholine rings is 1. The lowest BCUT2D eigenvalue weighted by molar-refractivity contribution is -0.00158. The van der Waals surface area contributed by atoms with Crippen LogP contribution in [0.4, 0.5) is 0 Å². The number of ether oxygens (including phenoxy) is 2. The second-order valence-corrected chi connectivity index (χ2v) is 8.65. The fraction of sp³-hybridized carbons (Fsp3) is 0.300. The Morgan fingerprint density at radius 3 is 2.90 bits per heavy atom. The van der Waals surface area contributed by atoms with E-state index in [0.717, 1.165) is 16.5 Å². The molecule has 30 heavy (non-hydrogen) atoms. The molecule has 1 aliphatic heterocycles. The fourth-order valence-electron chi connectivity index (χ4n) is 3.64. The van der Waals surface area contributed by atoms with Gasteiger partial charge in [-0.2, -0.15) is 0 Å². The standard InChI is InChI=1S/C20H22N4O5S/c1-28-19-5-2-13(10-23-19)20(25)24-6-7-29-12-15(24)8-14-11-22-18-4-3-16(9-17(14)18)30(21,26)27/h2-5,9-11,15,22H,6-8,12H2,1H3,(H2,21,26,27)/t15-/m0/s1. The van der Waals surface area contributed by atoms with Crippen molar-refractivity contribution in [1.82, 2.24) is 14.9 Å².